The minimum absolute atomic E-state index is 0.0884. The van der Waals surface area contributed by atoms with Crippen LogP contribution in [-0.2, 0) is 9.59 Å². The summed E-state index contributed by atoms with van der Waals surface area (Å²) in [5.41, 5.74) is 0. The van der Waals surface area contributed by atoms with Crippen molar-refractivity contribution in [2.45, 2.75) is 46.0 Å². The Morgan fingerprint density at radius 3 is 2.05 bits per heavy atom. The fraction of sp³-hybridized carbons (Fsp3) is 0.867. The minimum atomic E-state index is -0.795. The van der Waals surface area contributed by atoms with Gasteiger partial charge in [0.05, 0.1) is 11.8 Å². The maximum absolute atomic E-state index is 12.6. The predicted molar refractivity (Wildman–Crippen MR) is 72.6 cm³/mol. The van der Waals surface area contributed by atoms with Gasteiger partial charge in [0.1, 0.15) is 0 Å². The van der Waals surface area contributed by atoms with Crippen LogP contribution in [0.3, 0.4) is 0 Å². The lowest BCUT2D eigenvalue weighted by atomic mass is 9.78. The molecule has 4 heteroatoms. The molecule has 0 radical (unpaired) electrons. The number of carboxylic acid groups (broad SMARTS) is 1. The number of hydrogen-bond acceptors (Lipinski definition) is 2. The first-order valence-corrected chi connectivity index (χ1v) is 7.50. The van der Waals surface area contributed by atoms with Gasteiger partial charge in [-0.15, -0.1) is 0 Å². The molecule has 0 aromatic rings. The molecule has 4 nitrogen and oxygen atoms in total. The molecule has 4 atom stereocenters. The summed E-state index contributed by atoms with van der Waals surface area (Å²) in [4.78, 5) is 25.9. The van der Waals surface area contributed by atoms with Gasteiger partial charge in [-0.1, -0.05) is 26.7 Å². The molecule has 0 spiro atoms. The topological polar surface area (TPSA) is 57.6 Å². The maximum atomic E-state index is 12.6. The summed E-state index contributed by atoms with van der Waals surface area (Å²) in [6, 6.07) is 0. The average molecular weight is 267 g/mol. The van der Waals surface area contributed by atoms with Crippen LogP contribution in [0.25, 0.3) is 0 Å². The third-order valence-electron chi connectivity index (χ3n) is 4.58. The number of piperidine rings is 1. The third-order valence-corrected chi connectivity index (χ3v) is 4.58. The lowest BCUT2D eigenvalue weighted by molar-refractivity contribution is -0.153. The van der Waals surface area contributed by atoms with Crippen molar-refractivity contribution in [3.63, 3.8) is 0 Å². The Labute approximate surface area is 115 Å². The Bertz CT molecular complexity index is 345. The number of likely N-dealkylation sites (tertiary alicyclic amines) is 1. The highest BCUT2D eigenvalue weighted by molar-refractivity contribution is 5.85. The fourth-order valence-corrected chi connectivity index (χ4v) is 3.80. The molecule has 1 heterocycles. The highest BCUT2D eigenvalue weighted by atomic mass is 16.4. The van der Waals surface area contributed by atoms with E-state index in [0.717, 1.165) is 38.8 Å². The molecule has 2 fully saturated rings. The number of amides is 1. The average Bonchev–Trinajstić information content (AvgIpc) is 2.36. The Kier molecular flexibility index (Phi) is 4.48. The molecular weight excluding hydrogens is 242 g/mol. The Hall–Kier alpha value is -1.06. The zero-order chi connectivity index (χ0) is 14.0. The van der Waals surface area contributed by atoms with E-state index >= 15 is 0 Å². The number of carbonyl (C=O) groups excluding carboxylic acids is 1. The molecule has 108 valence electrons. The predicted octanol–water partition coefficient (Wildman–Crippen LogP) is 2.38. The molecule has 0 aromatic heterocycles. The lowest BCUT2D eigenvalue weighted by Gasteiger charge is -2.39. The van der Waals surface area contributed by atoms with E-state index in [1.165, 1.54) is 0 Å². The van der Waals surface area contributed by atoms with Gasteiger partial charge in [0, 0.05) is 13.1 Å². The second-order valence-electron chi connectivity index (χ2n) is 6.52. The summed E-state index contributed by atoms with van der Waals surface area (Å²) in [5.74, 6) is -0.404. The monoisotopic (exact) mass is 267 g/mol. The highest BCUT2D eigenvalue weighted by Crippen LogP contribution is 2.33. The van der Waals surface area contributed by atoms with E-state index in [2.05, 4.69) is 13.8 Å². The Morgan fingerprint density at radius 2 is 1.53 bits per heavy atom. The summed E-state index contributed by atoms with van der Waals surface area (Å²) >= 11 is 0. The van der Waals surface area contributed by atoms with Crippen LogP contribution in [0, 0.1) is 23.7 Å². The lowest BCUT2D eigenvalue weighted by Crippen LogP contribution is -2.48. The van der Waals surface area contributed by atoms with Crippen molar-refractivity contribution < 1.29 is 14.7 Å². The first-order chi connectivity index (χ1) is 8.99. The van der Waals surface area contributed by atoms with E-state index in [1.54, 1.807) is 0 Å². The molecule has 0 unspecified atom stereocenters. The molecule has 1 aliphatic carbocycles. The molecule has 1 saturated heterocycles. The van der Waals surface area contributed by atoms with Gasteiger partial charge < -0.3 is 10.0 Å². The van der Waals surface area contributed by atoms with E-state index in [-0.39, 0.29) is 11.8 Å². The van der Waals surface area contributed by atoms with E-state index in [4.69, 9.17) is 0 Å². The number of aliphatic carboxylic acids is 1. The molecule has 0 aromatic carbocycles. The van der Waals surface area contributed by atoms with Crippen LogP contribution in [0.15, 0.2) is 0 Å². The van der Waals surface area contributed by atoms with Gasteiger partial charge >= 0.3 is 5.97 Å². The summed E-state index contributed by atoms with van der Waals surface area (Å²) in [5, 5.41) is 9.29. The van der Waals surface area contributed by atoms with Crippen LogP contribution in [0.4, 0.5) is 0 Å². The van der Waals surface area contributed by atoms with Gasteiger partial charge in [0.25, 0.3) is 0 Å². The zero-order valence-electron chi connectivity index (χ0n) is 12.0. The fourth-order valence-electron chi connectivity index (χ4n) is 3.80. The molecule has 19 heavy (non-hydrogen) atoms. The van der Waals surface area contributed by atoms with Gasteiger partial charge in [0.15, 0.2) is 0 Å². The van der Waals surface area contributed by atoms with Crippen molar-refractivity contribution in [2.24, 2.45) is 23.7 Å². The van der Waals surface area contributed by atoms with Crippen LogP contribution >= 0.6 is 0 Å². The van der Waals surface area contributed by atoms with Crippen LogP contribution < -0.4 is 0 Å². The largest absolute Gasteiger partial charge is 0.481 e. The normalized spacial score (nSPS) is 36.0. The first kappa shape index (κ1) is 14.4. The van der Waals surface area contributed by atoms with Crippen LogP contribution in [-0.4, -0.2) is 35.0 Å². The van der Waals surface area contributed by atoms with Gasteiger partial charge in [-0.2, -0.15) is 0 Å². The number of carbonyl (C=O) groups is 2. The number of rotatable bonds is 2. The zero-order valence-corrected chi connectivity index (χ0v) is 12.0. The molecule has 1 aliphatic heterocycles. The SMILES string of the molecule is C[C@@H]1C[C@@H](C)CN(C(=O)[C@@H]2CCCC[C@@H]2C(=O)O)C1. The molecule has 0 bridgehead atoms. The summed E-state index contributed by atoms with van der Waals surface area (Å²) in [7, 11) is 0. The van der Waals surface area contributed by atoms with E-state index in [1.807, 2.05) is 4.90 Å². The molecule has 2 rings (SSSR count). The molecule has 1 N–H and O–H groups in total. The second kappa shape index (κ2) is 5.93. The molecule has 1 saturated carbocycles. The molecule has 1 amide bonds. The first-order valence-electron chi connectivity index (χ1n) is 7.50. The second-order valence-corrected chi connectivity index (χ2v) is 6.52. The number of nitrogens with zero attached hydrogens (tertiary/aromatic N) is 1. The minimum Gasteiger partial charge on any atom is -0.481 e. The summed E-state index contributed by atoms with van der Waals surface area (Å²) in [6.45, 7) is 5.94. The van der Waals surface area contributed by atoms with Crippen molar-refractivity contribution in [1.29, 1.82) is 0 Å². The highest BCUT2D eigenvalue weighted by Gasteiger charge is 2.39. The van der Waals surface area contributed by atoms with Crippen LogP contribution in [0.1, 0.15) is 46.0 Å². The van der Waals surface area contributed by atoms with Gasteiger partial charge in [-0.05, 0) is 31.1 Å². The van der Waals surface area contributed by atoms with Crippen molar-refractivity contribution in [1.82, 2.24) is 4.90 Å². The van der Waals surface area contributed by atoms with Gasteiger partial charge in [-0.3, -0.25) is 9.59 Å². The van der Waals surface area contributed by atoms with E-state index in [9.17, 15) is 14.7 Å². The van der Waals surface area contributed by atoms with Crippen molar-refractivity contribution in [2.75, 3.05) is 13.1 Å². The van der Waals surface area contributed by atoms with Crippen LogP contribution in [0.2, 0.25) is 0 Å². The van der Waals surface area contributed by atoms with Crippen molar-refractivity contribution in [3.8, 4) is 0 Å². The molecular formula is C15H25NO3. The smallest absolute Gasteiger partial charge is 0.307 e. The summed E-state index contributed by atoms with van der Waals surface area (Å²) < 4.78 is 0. The van der Waals surface area contributed by atoms with E-state index in [0.29, 0.717) is 18.3 Å². The van der Waals surface area contributed by atoms with Crippen molar-refractivity contribution >= 4 is 11.9 Å². The Morgan fingerprint density at radius 1 is 1.00 bits per heavy atom. The third kappa shape index (κ3) is 3.28. The maximum Gasteiger partial charge on any atom is 0.307 e. The Balaban J connectivity index is 2.06. The summed E-state index contributed by atoms with van der Waals surface area (Å²) in [6.07, 6.45) is 4.49. The van der Waals surface area contributed by atoms with Gasteiger partial charge in [0.2, 0.25) is 5.91 Å². The number of carboxylic acids is 1. The quantitative estimate of drug-likeness (QED) is 0.835. The van der Waals surface area contributed by atoms with Crippen LogP contribution in [0.5, 0.6) is 0 Å². The standard InChI is InChI=1S/C15H25NO3/c1-10-7-11(2)9-16(8-10)14(17)12-5-3-4-6-13(12)15(18)19/h10-13H,3-9H2,1-2H3,(H,18,19)/t10-,11-,12-,13+/m1/s1. The number of hydrogen-bond donors (Lipinski definition) is 1. The van der Waals surface area contributed by atoms with E-state index < -0.39 is 11.9 Å². The van der Waals surface area contributed by atoms with Gasteiger partial charge in [-0.25, -0.2) is 0 Å². The molecule has 2 aliphatic rings. The van der Waals surface area contributed by atoms with Crippen molar-refractivity contribution in [3.05, 3.63) is 0 Å².